The maximum absolute atomic E-state index is 12.6. The van der Waals surface area contributed by atoms with Crippen LogP contribution in [0.15, 0.2) is 12.4 Å². The van der Waals surface area contributed by atoms with E-state index >= 15 is 0 Å². The topological polar surface area (TPSA) is 61.7 Å². The quantitative estimate of drug-likeness (QED) is 0.807. The fourth-order valence-electron chi connectivity index (χ4n) is 3.98. The summed E-state index contributed by atoms with van der Waals surface area (Å²) in [4.78, 5) is 31.1. The van der Waals surface area contributed by atoms with Crippen LogP contribution in [0.1, 0.15) is 30.6 Å². The highest BCUT2D eigenvalue weighted by molar-refractivity contribution is 5.93. The molecule has 3 rings (SSSR count). The van der Waals surface area contributed by atoms with Gasteiger partial charge in [-0.25, -0.2) is 0 Å². The Hall–Kier alpha value is -1.89. The van der Waals surface area contributed by atoms with Gasteiger partial charge < -0.3 is 9.80 Å². The van der Waals surface area contributed by atoms with E-state index in [1.165, 1.54) is 6.42 Å². The molecule has 3 heterocycles. The van der Waals surface area contributed by atoms with Crippen LogP contribution in [-0.4, -0.2) is 82.1 Å². The summed E-state index contributed by atoms with van der Waals surface area (Å²) >= 11 is 0. The zero-order valence-electron chi connectivity index (χ0n) is 15.5. The Labute approximate surface area is 149 Å². The minimum atomic E-state index is 0.0257. The predicted molar refractivity (Wildman–Crippen MR) is 95.1 cm³/mol. The third-order valence-corrected chi connectivity index (χ3v) is 5.19. The van der Waals surface area contributed by atoms with Crippen molar-refractivity contribution in [1.29, 1.82) is 0 Å². The van der Waals surface area contributed by atoms with Crippen LogP contribution in [0.5, 0.6) is 0 Å². The number of likely N-dealkylation sites (tertiary alicyclic amines) is 1. The lowest BCUT2D eigenvalue weighted by molar-refractivity contribution is -0.135. The number of amides is 2. The van der Waals surface area contributed by atoms with Gasteiger partial charge in [0, 0.05) is 52.5 Å². The molecule has 0 aliphatic carbocycles. The molecule has 2 amide bonds. The molecule has 2 aliphatic rings. The highest BCUT2D eigenvalue weighted by atomic mass is 16.2. The second kappa shape index (κ2) is 7.56. The lowest BCUT2D eigenvalue weighted by atomic mass is 9.92. The summed E-state index contributed by atoms with van der Waals surface area (Å²) in [5.74, 6) is 1.42. The van der Waals surface area contributed by atoms with Crippen molar-refractivity contribution in [2.75, 3.05) is 45.8 Å². The normalized spacial score (nSPS) is 25.2. The summed E-state index contributed by atoms with van der Waals surface area (Å²) in [5, 5.41) is 4.06. The molecular formula is C18H29N5O2. The monoisotopic (exact) mass is 347 g/mol. The van der Waals surface area contributed by atoms with Crippen LogP contribution in [0.25, 0.3) is 0 Å². The predicted octanol–water partition coefficient (Wildman–Crippen LogP) is 0.682. The van der Waals surface area contributed by atoms with Gasteiger partial charge in [-0.1, -0.05) is 13.8 Å². The van der Waals surface area contributed by atoms with Gasteiger partial charge in [0.25, 0.3) is 5.91 Å². The number of aryl methyl sites for hydroxylation is 1. The standard InChI is InChI=1S/C18H29N5O2/c1-14-8-15(2)11-23(10-14)17(24)13-21-4-6-22(7-5-21)18(25)16-9-19-20(3)12-16/h9,12,14-15H,4-8,10-11,13H2,1-3H3. The van der Waals surface area contributed by atoms with Gasteiger partial charge in [0.05, 0.1) is 18.3 Å². The van der Waals surface area contributed by atoms with Gasteiger partial charge >= 0.3 is 0 Å². The molecule has 2 unspecified atom stereocenters. The summed E-state index contributed by atoms with van der Waals surface area (Å²) in [7, 11) is 1.81. The first-order chi connectivity index (χ1) is 11.9. The minimum Gasteiger partial charge on any atom is -0.341 e. The molecule has 0 aromatic carbocycles. The van der Waals surface area contributed by atoms with E-state index in [0.29, 0.717) is 37.0 Å². The molecule has 7 nitrogen and oxygen atoms in total. The smallest absolute Gasteiger partial charge is 0.257 e. The molecule has 1 aromatic heterocycles. The Morgan fingerprint density at radius 2 is 1.72 bits per heavy atom. The van der Waals surface area contributed by atoms with Gasteiger partial charge in [-0.15, -0.1) is 0 Å². The number of piperazine rings is 1. The largest absolute Gasteiger partial charge is 0.341 e. The minimum absolute atomic E-state index is 0.0257. The van der Waals surface area contributed by atoms with Crippen molar-refractivity contribution in [2.24, 2.45) is 18.9 Å². The fourth-order valence-corrected chi connectivity index (χ4v) is 3.98. The molecule has 7 heteroatoms. The molecule has 0 N–H and O–H groups in total. The highest BCUT2D eigenvalue weighted by Crippen LogP contribution is 2.21. The number of hydrogen-bond acceptors (Lipinski definition) is 4. The Balaban J connectivity index is 1.47. The molecule has 2 atom stereocenters. The third kappa shape index (κ3) is 4.39. The molecule has 138 valence electrons. The molecule has 25 heavy (non-hydrogen) atoms. The van der Waals surface area contributed by atoms with Gasteiger partial charge in [-0.05, 0) is 18.3 Å². The lowest BCUT2D eigenvalue weighted by Crippen LogP contribution is -2.53. The molecule has 2 aliphatic heterocycles. The van der Waals surface area contributed by atoms with E-state index in [-0.39, 0.29) is 11.8 Å². The number of carbonyl (C=O) groups excluding carboxylic acids is 2. The van der Waals surface area contributed by atoms with Gasteiger partial charge in [0.15, 0.2) is 0 Å². The maximum atomic E-state index is 12.6. The summed E-state index contributed by atoms with van der Waals surface area (Å²) in [5.41, 5.74) is 0.628. The zero-order valence-corrected chi connectivity index (χ0v) is 15.5. The average Bonchev–Trinajstić information content (AvgIpc) is 3.00. The van der Waals surface area contributed by atoms with Crippen molar-refractivity contribution in [2.45, 2.75) is 20.3 Å². The van der Waals surface area contributed by atoms with E-state index in [0.717, 1.165) is 26.2 Å². The summed E-state index contributed by atoms with van der Waals surface area (Å²) in [6, 6.07) is 0. The fraction of sp³-hybridized carbons (Fsp3) is 0.722. The number of aromatic nitrogens is 2. The Morgan fingerprint density at radius 3 is 2.28 bits per heavy atom. The molecule has 0 bridgehead atoms. The van der Waals surface area contributed by atoms with E-state index in [1.54, 1.807) is 17.1 Å². The van der Waals surface area contributed by atoms with Crippen LogP contribution in [0, 0.1) is 11.8 Å². The Bertz CT molecular complexity index is 611. The summed E-state index contributed by atoms with van der Waals surface area (Å²) in [6.45, 7) is 9.48. The number of nitrogens with zero attached hydrogens (tertiary/aromatic N) is 5. The van der Waals surface area contributed by atoms with E-state index in [1.807, 2.05) is 16.8 Å². The maximum Gasteiger partial charge on any atom is 0.257 e. The molecule has 2 fully saturated rings. The van der Waals surface area contributed by atoms with Gasteiger partial charge in [0.2, 0.25) is 5.91 Å². The Morgan fingerprint density at radius 1 is 1.08 bits per heavy atom. The van der Waals surface area contributed by atoms with Crippen molar-refractivity contribution in [3.63, 3.8) is 0 Å². The average molecular weight is 347 g/mol. The van der Waals surface area contributed by atoms with Crippen LogP contribution >= 0.6 is 0 Å². The van der Waals surface area contributed by atoms with E-state index in [4.69, 9.17) is 0 Å². The number of rotatable bonds is 3. The first kappa shape index (κ1) is 17.9. The molecule has 0 saturated carbocycles. The van der Waals surface area contributed by atoms with Crippen LogP contribution in [0.4, 0.5) is 0 Å². The van der Waals surface area contributed by atoms with Crippen molar-refractivity contribution < 1.29 is 9.59 Å². The number of carbonyl (C=O) groups is 2. The van der Waals surface area contributed by atoms with Crippen molar-refractivity contribution in [3.05, 3.63) is 18.0 Å². The van der Waals surface area contributed by atoms with E-state index in [9.17, 15) is 9.59 Å². The van der Waals surface area contributed by atoms with Crippen LogP contribution in [0.3, 0.4) is 0 Å². The van der Waals surface area contributed by atoms with Gasteiger partial charge in [-0.3, -0.25) is 19.2 Å². The third-order valence-electron chi connectivity index (χ3n) is 5.19. The summed E-state index contributed by atoms with van der Waals surface area (Å²) < 4.78 is 1.64. The van der Waals surface area contributed by atoms with Crippen LogP contribution in [-0.2, 0) is 11.8 Å². The second-order valence-corrected chi connectivity index (χ2v) is 7.72. The SMILES string of the molecule is CC1CC(C)CN(C(=O)CN2CCN(C(=O)c3cnn(C)c3)CC2)C1. The van der Waals surface area contributed by atoms with Gasteiger partial charge in [-0.2, -0.15) is 5.10 Å². The first-order valence-corrected chi connectivity index (χ1v) is 9.20. The molecule has 1 aromatic rings. The molecule has 2 saturated heterocycles. The van der Waals surface area contributed by atoms with Gasteiger partial charge in [0.1, 0.15) is 0 Å². The van der Waals surface area contributed by atoms with Crippen molar-refractivity contribution in [3.8, 4) is 0 Å². The van der Waals surface area contributed by atoms with Crippen LogP contribution < -0.4 is 0 Å². The van der Waals surface area contributed by atoms with Crippen molar-refractivity contribution in [1.82, 2.24) is 24.5 Å². The van der Waals surface area contributed by atoms with Crippen molar-refractivity contribution >= 4 is 11.8 Å². The van der Waals surface area contributed by atoms with Crippen LogP contribution in [0.2, 0.25) is 0 Å². The van der Waals surface area contributed by atoms with E-state index in [2.05, 4.69) is 23.8 Å². The summed E-state index contributed by atoms with van der Waals surface area (Å²) in [6.07, 6.45) is 4.56. The first-order valence-electron chi connectivity index (χ1n) is 9.20. The van der Waals surface area contributed by atoms with E-state index < -0.39 is 0 Å². The highest BCUT2D eigenvalue weighted by Gasteiger charge is 2.28. The molecule has 0 spiro atoms. The zero-order chi connectivity index (χ0) is 18.0. The second-order valence-electron chi connectivity index (χ2n) is 7.72. The molecule has 0 radical (unpaired) electrons. The lowest BCUT2D eigenvalue weighted by Gasteiger charge is -2.38. The number of piperidine rings is 1. The molecular weight excluding hydrogens is 318 g/mol. The Kier molecular flexibility index (Phi) is 5.42. The number of hydrogen-bond donors (Lipinski definition) is 0.